The molecule has 3 nitrogen and oxygen atoms in total. The number of hydrogen-bond acceptors (Lipinski definition) is 2. The van der Waals surface area contributed by atoms with Gasteiger partial charge in [-0.15, -0.1) is 0 Å². The van der Waals surface area contributed by atoms with Gasteiger partial charge in [0.2, 0.25) is 0 Å². The predicted molar refractivity (Wildman–Crippen MR) is 74.8 cm³/mol. The Morgan fingerprint density at radius 1 is 1.50 bits per heavy atom. The van der Waals surface area contributed by atoms with Crippen molar-refractivity contribution in [2.24, 2.45) is 0 Å². The molecule has 1 heterocycles. The van der Waals surface area contributed by atoms with Crippen LogP contribution in [0.3, 0.4) is 0 Å². The first kappa shape index (κ1) is 13.9. The fourth-order valence-electron chi connectivity index (χ4n) is 1.50. The molecule has 0 bridgehead atoms. The molecule has 0 aliphatic heterocycles. The molecule has 0 unspecified atom stereocenters. The van der Waals surface area contributed by atoms with E-state index in [2.05, 4.69) is 62.7 Å². The Hall–Kier alpha value is -0.130. The molecule has 0 saturated carbocycles. The minimum absolute atomic E-state index is 0.767. The van der Waals surface area contributed by atoms with E-state index in [-0.39, 0.29) is 0 Å². The molecule has 0 aliphatic carbocycles. The summed E-state index contributed by atoms with van der Waals surface area (Å²) in [4.78, 5) is 0. The molecule has 16 heavy (non-hydrogen) atoms. The maximum Gasteiger partial charge on any atom is 0.0767 e. The zero-order chi connectivity index (χ0) is 12.1. The summed E-state index contributed by atoms with van der Waals surface area (Å²) in [6.45, 7) is 10.5. The normalized spacial score (nSPS) is 10.8. The number of aryl methyl sites for hydroxylation is 2. The highest BCUT2D eigenvalue weighted by Gasteiger charge is 2.12. The number of halogens is 2. The van der Waals surface area contributed by atoms with Crippen molar-refractivity contribution in [2.45, 2.75) is 33.4 Å². The topological polar surface area (TPSA) is 29.9 Å². The summed E-state index contributed by atoms with van der Waals surface area (Å²) < 4.78 is 4.12. The van der Waals surface area contributed by atoms with Crippen molar-refractivity contribution in [3.05, 3.63) is 26.9 Å². The lowest BCUT2D eigenvalue weighted by Crippen LogP contribution is -2.17. The van der Waals surface area contributed by atoms with Gasteiger partial charge in [-0.1, -0.05) is 29.4 Å². The van der Waals surface area contributed by atoms with E-state index in [1.165, 1.54) is 5.69 Å². The number of rotatable bonds is 6. The third-order valence-corrected chi connectivity index (χ3v) is 3.50. The van der Waals surface area contributed by atoms with Crippen molar-refractivity contribution < 1.29 is 0 Å². The van der Waals surface area contributed by atoms with Crippen LogP contribution in [0.25, 0.3) is 0 Å². The van der Waals surface area contributed by atoms with E-state index in [0.717, 1.165) is 40.7 Å². The second-order valence-corrected chi connectivity index (χ2v) is 5.41. The molecular formula is C11H17Br2N3. The zero-order valence-corrected chi connectivity index (χ0v) is 12.9. The van der Waals surface area contributed by atoms with Gasteiger partial charge in [0.05, 0.1) is 15.9 Å². The van der Waals surface area contributed by atoms with Crippen LogP contribution in [0.1, 0.15) is 25.2 Å². The van der Waals surface area contributed by atoms with Crippen LogP contribution in [0.15, 0.2) is 15.5 Å². The lowest BCUT2D eigenvalue weighted by molar-refractivity contribution is 0.589. The van der Waals surface area contributed by atoms with Crippen LogP contribution in [0, 0.1) is 0 Å². The van der Waals surface area contributed by atoms with Gasteiger partial charge < -0.3 is 5.32 Å². The summed E-state index contributed by atoms with van der Waals surface area (Å²) in [7, 11) is 0. The van der Waals surface area contributed by atoms with E-state index in [9.17, 15) is 0 Å². The molecule has 0 aliphatic rings. The Kier molecular flexibility index (Phi) is 5.72. The highest BCUT2D eigenvalue weighted by molar-refractivity contribution is 9.11. The smallest absolute Gasteiger partial charge is 0.0767 e. The van der Waals surface area contributed by atoms with Gasteiger partial charge in [0.15, 0.2) is 0 Å². The standard InChI is InChI=1S/C11H17Br2N3/c1-4-9-11(13)10(16(5-2)15-9)7-14-6-8(3)12/h14H,3-7H2,1-2H3. The molecule has 0 amide bonds. The Labute approximate surface area is 114 Å². The summed E-state index contributed by atoms with van der Waals surface area (Å²) >= 11 is 6.94. The molecule has 0 fully saturated rings. The van der Waals surface area contributed by atoms with Crippen molar-refractivity contribution in [3.63, 3.8) is 0 Å². The molecule has 90 valence electrons. The predicted octanol–water partition coefficient (Wildman–Crippen LogP) is 3.23. The SMILES string of the molecule is C=C(Br)CNCc1c(Br)c(CC)nn1CC. The van der Waals surface area contributed by atoms with Crippen molar-refractivity contribution in [3.8, 4) is 0 Å². The lowest BCUT2D eigenvalue weighted by Gasteiger charge is -2.06. The van der Waals surface area contributed by atoms with Crippen LogP contribution in [-0.2, 0) is 19.5 Å². The van der Waals surface area contributed by atoms with Crippen molar-refractivity contribution in [1.29, 1.82) is 0 Å². The molecule has 1 aromatic heterocycles. The molecule has 0 radical (unpaired) electrons. The Bertz CT molecular complexity index is 372. The van der Waals surface area contributed by atoms with E-state index in [4.69, 9.17) is 0 Å². The van der Waals surface area contributed by atoms with Crippen molar-refractivity contribution >= 4 is 31.9 Å². The minimum Gasteiger partial charge on any atom is -0.307 e. The minimum atomic E-state index is 0.767. The van der Waals surface area contributed by atoms with Crippen molar-refractivity contribution in [2.75, 3.05) is 6.54 Å². The van der Waals surface area contributed by atoms with Crippen LogP contribution in [0.4, 0.5) is 0 Å². The number of hydrogen-bond donors (Lipinski definition) is 1. The summed E-state index contributed by atoms with van der Waals surface area (Å²) in [6, 6.07) is 0. The van der Waals surface area contributed by atoms with Crippen LogP contribution in [0.5, 0.6) is 0 Å². The third-order valence-electron chi connectivity index (χ3n) is 2.30. The Morgan fingerprint density at radius 3 is 2.69 bits per heavy atom. The highest BCUT2D eigenvalue weighted by Crippen LogP contribution is 2.22. The number of nitrogens with zero attached hydrogens (tertiary/aromatic N) is 2. The molecule has 0 spiro atoms. The average molecular weight is 351 g/mol. The van der Waals surface area contributed by atoms with Gasteiger partial charge in [0.1, 0.15) is 0 Å². The summed E-state index contributed by atoms with van der Waals surface area (Å²) in [6.07, 6.45) is 0.950. The quantitative estimate of drug-likeness (QED) is 0.853. The van der Waals surface area contributed by atoms with Gasteiger partial charge in [-0.05, 0) is 29.3 Å². The first-order valence-electron chi connectivity index (χ1n) is 5.38. The highest BCUT2D eigenvalue weighted by atomic mass is 79.9. The van der Waals surface area contributed by atoms with Gasteiger partial charge in [0, 0.05) is 24.1 Å². The van der Waals surface area contributed by atoms with Crippen LogP contribution >= 0.6 is 31.9 Å². The maximum absolute atomic E-state index is 4.54. The second kappa shape index (κ2) is 6.57. The molecule has 5 heteroatoms. The summed E-state index contributed by atoms with van der Waals surface area (Å²) in [5, 5.41) is 7.86. The van der Waals surface area contributed by atoms with Crippen LogP contribution in [0.2, 0.25) is 0 Å². The zero-order valence-electron chi connectivity index (χ0n) is 9.69. The first-order chi connectivity index (χ1) is 7.60. The third kappa shape index (κ3) is 3.43. The fraction of sp³-hybridized carbons (Fsp3) is 0.545. The molecule has 1 aromatic rings. The van der Waals surface area contributed by atoms with Crippen LogP contribution < -0.4 is 5.32 Å². The van der Waals surface area contributed by atoms with E-state index in [0.29, 0.717) is 0 Å². The van der Waals surface area contributed by atoms with Crippen LogP contribution in [-0.4, -0.2) is 16.3 Å². The van der Waals surface area contributed by atoms with E-state index in [1.807, 2.05) is 4.68 Å². The molecule has 1 rings (SSSR count). The van der Waals surface area contributed by atoms with Gasteiger partial charge in [0.25, 0.3) is 0 Å². The van der Waals surface area contributed by atoms with Gasteiger partial charge in [-0.25, -0.2) is 0 Å². The largest absolute Gasteiger partial charge is 0.307 e. The van der Waals surface area contributed by atoms with Gasteiger partial charge in [-0.3, -0.25) is 4.68 Å². The van der Waals surface area contributed by atoms with E-state index in [1.54, 1.807) is 0 Å². The average Bonchev–Trinajstić information content (AvgIpc) is 2.55. The molecule has 1 N–H and O–H groups in total. The molecule has 0 saturated heterocycles. The number of aromatic nitrogens is 2. The van der Waals surface area contributed by atoms with E-state index >= 15 is 0 Å². The fourth-order valence-corrected chi connectivity index (χ4v) is 2.41. The summed E-state index contributed by atoms with van der Waals surface area (Å²) in [5.74, 6) is 0. The molecule has 0 aromatic carbocycles. The van der Waals surface area contributed by atoms with Gasteiger partial charge in [-0.2, -0.15) is 5.10 Å². The monoisotopic (exact) mass is 349 g/mol. The molecular weight excluding hydrogens is 334 g/mol. The van der Waals surface area contributed by atoms with Crippen molar-refractivity contribution in [1.82, 2.24) is 15.1 Å². The Morgan fingerprint density at radius 2 is 2.19 bits per heavy atom. The van der Waals surface area contributed by atoms with E-state index < -0.39 is 0 Å². The lowest BCUT2D eigenvalue weighted by atomic mass is 10.3. The van der Waals surface area contributed by atoms with Gasteiger partial charge >= 0.3 is 0 Å². The number of nitrogens with one attached hydrogen (secondary N) is 1. The molecule has 0 atom stereocenters. The maximum atomic E-state index is 4.54. The summed E-state index contributed by atoms with van der Waals surface area (Å²) in [5.41, 5.74) is 2.32. The Balaban J connectivity index is 2.76. The first-order valence-corrected chi connectivity index (χ1v) is 6.96. The second-order valence-electron chi connectivity index (χ2n) is 3.50.